The minimum Gasteiger partial charge on any atom is -0.320 e. The molecule has 1 N–H and O–H groups in total. The zero-order valence-corrected chi connectivity index (χ0v) is 11.5. The second kappa shape index (κ2) is 5.03. The van der Waals surface area contributed by atoms with Gasteiger partial charge in [-0.15, -0.1) is 0 Å². The van der Waals surface area contributed by atoms with Gasteiger partial charge in [0.1, 0.15) is 11.1 Å². The van der Waals surface area contributed by atoms with E-state index in [-0.39, 0.29) is 5.91 Å². The van der Waals surface area contributed by atoms with Gasteiger partial charge in [-0.1, -0.05) is 35.1 Å². The van der Waals surface area contributed by atoms with Crippen LogP contribution in [0.2, 0.25) is 5.02 Å². The van der Waals surface area contributed by atoms with Crippen molar-refractivity contribution in [3.05, 3.63) is 56.9 Å². The van der Waals surface area contributed by atoms with E-state index in [1.54, 1.807) is 24.3 Å². The molecule has 0 spiro atoms. The Kier molecular flexibility index (Phi) is 3.21. The number of fused-ring (bicyclic) bond motifs is 1. The molecule has 0 unspecified atom stereocenters. The summed E-state index contributed by atoms with van der Waals surface area (Å²) < 4.78 is 1.38. The average Bonchev–Trinajstić information content (AvgIpc) is 2.84. The molecule has 20 heavy (non-hydrogen) atoms. The predicted molar refractivity (Wildman–Crippen MR) is 76.5 cm³/mol. The molecule has 0 fully saturated rings. The van der Waals surface area contributed by atoms with Crippen molar-refractivity contribution in [3.8, 4) is 0 Å². The fraction of sp³-hybridized carbons (Fsp3) is 0. The SMILES string of the molecule is O=C(Nc1ccccc1Cl)c1cn2ncc(=O)nc2s1. The lowest BCUT2D eigenvalue weighted by atomic mass is 10.3. The first-order valence-electron chi connectivity index (χ1n) is 5.55. The minimum atomic E-state index is -0.440. The van der Waals surface area contributed by atoms with Crippen LogP contribution in [0.15, 0.2) is 41.5 Å². The van der Waals surface area contributed by atoms with Crippen LogP contribution in [0.1, 0.15) is 9.67 Å². The van der Waals surface area contributed by atoms with Crippen LogP contribution >= 0.6 is 22.9 Å². The van der Waals surface area contributed by atoms with Crippen LogP contribution in [-0.2, 0) is 0 Å². The molecule has 8 heteroatoms. The molecule has 0 atom stereocenters. The van der Waals surface area contributed by atoms with Crippen molar-refractivity contribution in [2.45, 2.75) is 0 Å². The van der Waals surface area contributed by atoms with Gasteiger partial charge in [-0.3, -0.25) is 9.59 Å². The normalized spacial score (nSPS) is 10.7. The van der Waals surface area contributed by atoms with Gasteiger partial charge < -0.3 is 5.32 Å². The van der Waals surface area contributed by atoms with Crippen LogP contribution < -0.4 is 10.9 Å². The van der Waals surface area contributed by atoms with Crippen molar-refractivity contribution >= 4 is 39.5 Å². The van der Waals surface area contributed by atoms with Crippen molar-refractivity contribution in [3.63, 3.8) is 0 Å². The highest BCUT2D eigenvalue weighted by Gasteiger charge is 2.13. The molecule has 0 aliphatic heterocycles. The van der Waals surface area contributed by atoms with E-state index < -0.39 is 5.56 Å². The Labute approximate surface area is 121 Å². The van der Waals surface area contributed by atoms with Gasteiger partial charge in [-0.2, -0.15) is 10.1 Å². The van der Waals surface area contributed by atoms with Gasteiger partial charge in [-0.05, 0) is 12.1 Å². The third-order valence-corrected chi connectivity index (χ3v) is 3.78. The minimum absolute atomic E-state index is 0.331. The average molecular weight is 307 g/mol. The first kappa shape index (κ1) is 12.8. The molecule has 1 aromatic carbocycles. The Morgan fingerprint density at radius 1 is 1.35 bits per heavy atom. The smallest absolute Gasteiger partial charge is 0.292 e. The number of hydrogen-bond donors (Lipinski definition) is 1. The number of carbonyl (C=O) groups is 1. The Morgan fingerprint density at radius 2 is 2.15 bits per heavy atom. The maximum absolute atomic E-state index is 12.1. The molecule has 3 aromatic rings. The Bertz CT molecular complexity index is 858. The molecule has 0 saturated heterocycles. The second-order valence-electron chi connectivity index (χ2n) is 3.85. The number of benzene rings is 1. The quantitative estimate of drug-likeness (QED) is 0.786. The highest BCUT2D eigenvalue weighted by Crippen LogP contribution is 2.22. The highest BCUT2D eigenvalue weighted by atomic mass is 35.5. The maximum Gasteiger partial charge on any atom is 0.292 e. The monoisotopic (exact) mass is 306 g/mol. The summed E-state index contributed by atoms with van der Waals surface area (Å²) >= 11 is 7.05. The number of carbonyl (C=O) groups excluding carboxylic acids is 1. The third kappa shape index (κ3) is 2.40. The van der Waals surface area contributed by atoms with E-state index in [1.807, 2.05) is 0 Å². The molecule has 100 valence electrons. The summed E-state index contributed by atoms with van der Waals surface area (Å²) in [5.41, 5.74) is 0.0805. The van der Waals surface area contributed by atoms with Gasteiger partial charge in [0, 0.05) is 0 Å². The zero-order valence-electron chi connectivity index (χ0n) is 9.91. The molecule has 6 nitrogen and oxygen atoms in total. The molecule has 0 radical (unpaired) electrons. The number of nitrogens with zero attached hydrogens (tertiary/aromatic N) is 3. The number of nitrogens with one attached hydrogen (secondary N) is 1. The van der Waals surface area contributed by atoms with Crippen molar-refractivity contribution in [1.29, 1.82) is 0 Å². The second-order valence-corrected chi connectivity index (χ2v) is 5.27. The summed E-state index contributed by atoms with van der Waals surface area (Å²) in [5, 5.41) is 7.00. The lowest BCUT2D eigenvalue weighted by Gasteiger charge is -2.04. The largest absolute Gasteiger partial charge is 0.320 e. The van der Waals surface area contributed by atoms with Crippen molar-refractivity contribution in [2.75, 3.05) is 5.32 Å². The molecule has 0 aliphatic rings. The molecule has 0 aliphatic carbocycles. The number of halogens is 1. The fourth-order valence-electron chi connectivity index (χ4n) is 1.58. The van der Waals surface area contributed by atoms with Crippen LogP contribution in [0.25, 0.3) is 4.96 Å². The molecular formula is C12H7ClN4O2S. The first-order chi connectivity index (χ1) is 9.63. The lowest BCUT2D eigenvalue weighted by Crippen LogP contribution is -2.10. The van der Waals surface area contributed by atoms with Crippen molar-refractivity contribution in [2.24, 2.45) is 0 Å². The summed E-state index contributed by atoms with van der Waals surface area (Å²) in [5.74, 6) is -0.331. The van der Waals surface area contributed by atoms with E-state index in [9.17, 15) is 9.59 Å². The molecule has 0 bridgehead atoms. The zero-order chi connectivity index (χ0) is 14.1. The Balaban J connectivity index is 1.93. The standard InChI is InChI=1S/C12H7ClN4O2S/c13-7-3-1-2-4-8(7)15-11(19)9-6-17-12(20-9)16-10(18)5-14-17/h1-6H,(H,15,19). The fourth-order valence-corrected chi connectivity index (χ4v) is 2.59. The van der Waals surface area contributed by atoms with Gasteiger partial charge in [-0.25, -0.2) is 4.52 Å². The number of anilines is 1. The van der Waals surface area contributed by atoms with E-state index in [1.165, 1.54) is 10.7 Å². The third-order valence-electron chi connectivity index (χ3n) is 2.48. The predicted octanol–water partition coefficient (Wildman–Crippen LogP) is 2.06. The number of rotatable bonds is 2. The van der Waals surface area contributed by atoms with Crippen molar-refractivity contribution in [1.82, 2.24) is 14.6 Å². The van der Waals surface area contributed by atoms with Gasteiger partial charge in [0.25, 0.3) is 11.5 Å². The lowest BCUT2D eigenvalue weighted by molar-refractivity contribution is 0.103. The molecular weight excluding hydrogens is 300 g/mol. The Morgan fingerprint density at radius 3 is 2.95 bits per heavy atom. The number of hydrogen-bond acceptors (Lipinski definition) is 5. The van der Waals surface area contributed by atoms with E-state index in [0.717, 1.165) is 17.5 Å². The summed E-state index contributed by atoms with van der Waals surface area (Å²) in [4.78, 5) is 27.7. The van der Waals surface area contributed by atoms with Gasteiger partial charge in [0.05, 0.1) is 16.9 Å². The van der Waals surface area contributed by atoms with Gasteiger partial charge in [0.2, 0.25) is 4.96 Å². The molecule has 3 rings (SSSR count). The number of amides is 1. The van der Waals surface area contributed by atoms with E-state index in [4.69, 9.17) is 11.6 Å². The van der Waals surface area contributed by atoms with E-state index >= 15 is 0 Å². The van der Waals surface area contributed by atoms with Crippen LogP contribution in [0.5, 0.6) is 0 Å². The number of para-hydroxylation sites is 1. The molecule has 2 aromatic heterocycles. The topological polar surface area (TPSA) is 76.4 Å². The highest BCUT2D eigenvalue weighted by molar-refractivity contribution is 7.18. The number of thiazole rings is 1. The van der Waals surface area contributed by atoms with Gasteiger partial charge >= 0.3 is 0 Å². The van der Waals surface area contributed by atoms with Crippen LogP contribution in [0.4, 0.5) is 5.69 Å². The van der Waals surface area contributed by atoms with Gasteiger partial charge in [0.15, 0.2) is 0 Å². The Hall–Kier alpha value is -2.25. The summed E-state index contributed by atoms with van der Waals surface area (Å²) in [6.45, 7) is 0. The number of aromatic nitrogens is 3. The summed E-state index contributed by atoms with van der Waals surface area (Å²) in [6, 6.07) is 6.93. The van der Waals surface area contributed by atoms with Crippen LogP contribution in [-0.4, -0.2) is 20.5 Å². The van der Waals surface area contributed by atoms with Crippen molar-refractivity contribution < 1.29 is 4.79 Å². The van der Waals surface area contributed by atoms with E-state index in [0.29, 0.717) is 20.5 Å². The van der Waals surface area contributed by atoms with E-state index in [2.05, 4.69) is 15.4 Å². The maximum atomic E-state index is 12.1. The molecule has 1 amide bonds. The molecule has 0 saturated carbocycles. The summed E-state index contributed by atoms with van der Waals surface area (Å²) in [6.07, 6.45) is 2.61. The first-order valence-corrected chi connectivity index (χ1v) is 6.74. The van der Waals surface area contributed by atoms with Crippen LogP contribution in [0, 0.1) is 0 Å². The molecule has 2 heterocycles. The summed E-state index contributed by atoms with van der Waals surface area (Å²) in [7, 11) is 0. The van der Waals surface area contributed by atoms with Crippen LogP contribution in [0.3, 0.4) is 0 Å².